The molecule has 1 aliphatic rings. The number of halogens is 1. The van der Waals surface area contributed by atoms with Gasteiger partial charge in [-0.25, -0.2) is 9.18 Å². The number of amides is 3. The van der Waals surface area contributed by atoms with Crippen LogP contribution in [0.25, 0.3) is 0 Å². The molecule has 0 radical (unpaired) electrons. The van der Waals surface area contributed by atoms with E-state index in [1.54, 1.807) is 22.8 Å². The Hall–Kier alpha value is -3.14. The zero-order valence-corrected chi connectivity index (χ0v) is 16.5. The number of nitrogens with one attached hydrogen (secondary N) is 2. The van der Waals surface area contributed by atoms with Gasteiger partial charge >= 0.3 is 6.03 Å². The molecule has 3 amide bonds. The lowest BCUT2D eigenvalue weighted by atomic mass is 10.2. The third-order valence-corrected chi connectivity index (χ3v) is 4.69. The normalized spacial score (nSPS) is 14.5. The topological polar surface area (TPSA) is 91.7 Å². The van der Waals surface area contributed by atoms with Crippen LogP contribution in [0, 0.1) is 5.82 Å². The van der Waals surface area contributed by atoms with Gasteiger partial charge in [-0.05, 0) is 24.3 Å². The molecule has 0 bridgehead atoms. The maximum atomic E-state index is 12.9. The molecule has 3 rings (SSSR count). The van der Waals surface area contributed by atoms with Gasteiger partial charge in [-0.1, -0.05) is 0 Å². The van der Waals surface area contributed by atoms with Crippen molar-refractivity contribution >= 4 is 17.6 Å². The third-order valence-electron chi connectivity index (χ3n) is 4.69. The van der Waals surface area contributed by atoms with Crippen molar-refractivity contribution < 1.29 is 18.7 Å². The van der Waals surface area contributed by atoms with Crippen LogP contribution in [0.3, 0.4) is 0 Å². The monoisotopic (exact) mass is 404 g/mol. The van der Waals surface area contributed by atoms with Crippen LogP contribution in [-0.4, -0.2) is 77.9 Å². The molecule has 0 saturated carbocycles. The molecule has 10 heteroatoms. The number of ether oxygens (including phenoxy) is 1. The first kappa shape index (κ1) is 20.6. The largest absolute Gasteiger partial charge is 0.479 e. The number of carbonyl (C=O) groups is 2. The van der Waals surface area contributed by atoms with Crippen molar-refractivity contribution in [3.63, 3.8) is 0 Å². The van der Waals surface area contributed by atoms with Crippen molar-refractivity contribution in [1.82, 2.24) is 24.9 Å². The molecule has 156 valence electrons. The van der Waals surface area contributed by atoms with Gasteiger partial charge in [-0.2, -0.15) is 0 Å². The average molecular weight is 404 g/mol. The molecule has 1 fully saturated rings. The number of nitrogens with zero attached hydrogens (tertiary/aromatic N) is 4. The Balaban J connectivity index is 1.39. The molecule has 0 aliphatic carbocycles. The minimum atomic E-state index is -0.351. The van der Waals surface area contributed by atoms with Gasteiger partial charge in [0.05, 0.1) is 7.11 Å². The summed E-state index contributed by atoms with van der Waals surface area (Å²) < 4.78 is 19.6. The maximum absolute atomic E-state index is 12.9. The summed E-state index contributed by atoms with van der Waals surface area (Å²) in [5.41, 5.74) is 0.990. The quantitative estimate of drug-likeness (QED) is 0.754. The van der Waals surface area contributed by atoms with E-state index < -0.39 is 0 Å². The predicted octanol–water partition coefficient (Wildman–Crippen LogP) is 1.15. The lowest BCUT2D eigenvalue weighted by molar-refractivity contribution is 0.0636. The highest BCUT2D eigenvalue weighted by Crippen LogP contribution is 2.18. The predicted molar refractivity (Wildman–Crippen MR) is 106 cm³/mol. The average Bonchev–Trinajstić information content (AvgIpc) is 3.10. The van der Waals surface area contributed by atoms with E-state index in [0.717, 1.165) is 13.1 Å². The Bertz CT molecular complexity index is 846. The van der Waals surface area contributed by atoms with Crippen LogP contribution in [0.2, 0.25) is 0 Å². The van der Waals surface area contributed by atoms with Gasteiger partial charge in [0.25, 0.3) is 5.91 Å². The first-order chi connectivity index (χ1) is 14.0. The highest BCUT2D eigenvalue weighted by atomic mass is 19.1. The number of benzene rings is 1. The van der Waals surface area contributed by atoms with E-state index >= 15 is 0 Å². The zero-order chi connectivity index (χ0) is 20.8. The van der Waals surface area contributed by atoms with Crippen molar-refractivity contribution in [2.45, 2.75) is 0 Å². The van der Waals surface area contributed by atoms with E-state index in [1.165, 1.54) is 31.4 Å². The fraction of sp³-hybridized carbons (Fsp3) is 0.421. The SMILES string of the molecule is COc1nn(C)cc1C(=O)N1CCN(CCNC(=O)Nc2ccc(F)cc2)CC1. The summed E-state index contributed by atoms with van der Waals surface area (Å²) in [4.78, 5) is 28.5. The lowest BCUT2D eigenvalue weighted by Gasteiger charge is -2.34. The number of hydrogen-bond donors (Lipinski definition) is 2. The fourth-order valence-corrected chi connectivity index (χ4v) is 3.15. The number of hydrogen-bond acceptors (Lipinski definition) is 5. The maximum Gasteiger partial charge on any atom is 0.319 e. The van der Waals surface area contributed by atoms with Crippen molar-refractivity contribution in [2.75, 3.05) is 51.7 Å². The standard InChI is InChI=1S/C19H25FN6O3/c1-24-13-16(17(23-24)29-2)18(27)26-11-9-25(10-12-26)8-7-21-19(28)22-15-5-3-14(20)4-6-15/h3-6,13H,7-12H2,1-2H3,(H2,21,22,28). The first-order valence-electron chi connectivity index (χ1n) is 9.36. The minimum Gasteiger partial charge on any atom is -0.479 e. The van der Waals surface area contributed by atoms with Crippen LogP contribution >= 0.6 is 0 Å². The van der Waals surface area contributed by atoms with Crippen molar-refractivity contribution in [2.24, 2.45) is 7.05 Å². The molecule has 9 nitrogen and oxygen atoms in total. The Labute approximate surface area is 168 Å². The second-order valence-electron chi connectivity index (χ2n) is 6.75. The molecule has 0 spiro atoms. The number of anilines is 1. The summed E-state index contributed by atoms with van der Waals surface area (Å²) in [6.45, 7) is 3.77. The van der Waals surface area contributed by atoms with Gasteiger partial charge in [0.1, 0.15) is 11.4 Å². The van der Waals surface area contributed by atoms with E-state index in [2.05, 4.69) is 20.6 Å². The lowest BCUT2D eigenvalue weighted by Crippen LogP contribution is -2.50. The number of aryl methyl sites for hydroxylation is 1. The molecule has 0 unspecified atom stereocenters. The summed E-state index contributed by atoms with van der Waals surface area (Å²) in [6.07, 6.45) is 1.66. The molecule has 1 aromatic heterocycles. The van der Waals surface area contributed by atoms with E-state index in [0.29, 0.717) is 43.3 Å². The van der Waals surface area contributed by atoms with Gasteiger partial charge in [0.2, 0.25) is 5.88 Å². The second kappa shape index (κ2) is 9.37. The molecule has 1 saturated heterocycles. The van der Waals surface area contributed by atoms with Crippen LogP contribution in [0.15, 0.2) is 30.5 Å². The molecular formula is C19H25FN6O3. The molecule has 29 heavy (non-hydrogen) atoms. The molecule has 2 N–H and O–H groups in total. The smallest absolute Gasteiger partial charge is 0.319 e. The van der Waals surface area contributed by atoms with E-state index in [4.69, 9.17) is 4.74 Å². The van der Waals surface area contributed by atoms with Crippen LogP contribution in [0.5, 0.6) is 5.88 Å². The van der Waals surface area contributed by atoms with Gasteiger partial charge in [-0.15, -0.1) is 5.10 Å². The fourth-order valence-electron chi connectivity index (χ4n) is 3.15. The van der Waals surface area contributed by atoms with Gasteiger partial charge in [0.15, 0.2) is 0 Å². The highest BCUT2D eigenvalue weighted by molar-refractivity contribution is 5.96. The van der Waals surface area contributed by atoms with E-state index in [-0.39, 0.29) is 17.8 Å². The van der Waals surface area contributed by atoms with E-state index in [9.17, 15) is 14.0 Å². The number of piperazine rings is 1. The second-order valence-corrected chi connectivity index (χ2v) is 6.75. The molecule has 2 heterocycles. The Kier molecular flexibility index (Phi) is 6.65. The van der Waals surface area contributed by atoms with Crippen LogP contribution < -0.4 is 15.4 Å². The van der Waals surface area contributed by atoms with Crippen LogP contribution in [0.1, 0.15) is 10.4 Å². The number of rotatable bonds is 6. The Morgan fingerprint density at radius 1 is 1.17 bits per heavy atom. The first-order valence-corrected chi connectivity index (χ1v) is 9.36. The van der Waals surface area contributed by atoms with Gasteiger partial charge < -0.3 is 20.3 Å². The van der Waals surface area contributed by atoms with Crippen molar-refractivity contribution in [3.05, 3.63) is 41.8 Å². The number of aromatic nitrogens is 2. The third kappa shape index (κ3) is 5.44. The summed E-state index contributed by atoms with van der Waals surface area (Å²) in [6, 6.07) is 5.24. The van der Waals surface area contributed by atoms with Gasteiger partial charge in [0, 0.05) is 58.2 Å². The molecule has 1 aromatic carbocycles. The Morgan fingerprint density at radius 2 is 1.86 bits per heavy atom. The number of urea groups is 1. The summed E-state index contributed by atoms with van der Waals surface area (Å²) >= 11 is 0. The highest BCUT2D eigenvalue weighted by Gasteiger charge is 2.26. The molecule has 1 aliphatic heterocycles. The molecular weight excluding hydrogens is 379 g/mol. The van der Waals surface area contributed by atoms with Gasteiger partial charge in [-0.3, -0.25) is 14.4 Å². The summed E-state index contributed by atoms with van der Waals surface area (Å²) in [5.74, 6) is -0.113. The summed E-state index contributed by atoms with van der Waals surface area (Å²) in [7, 11) is 3.24. The van der Waals surface area contributed by atoms with Crippen LogP contribution in [-0.2, 0) is 7.05 Å². The molecule has 2 aromatic rings. The van der Waals surface area contributed by atoms with Crippen molar-refractivity contribution in [1.29, 1.82) is 0 Å². The Morgan fingerprint density at radius 3 is 2.52 bits per heavy atom. The number of methoxy groups -OCH3 is 1. The number of carbonyl (C=O) groups excluding carboxylic acids is 2. The zero-order valence-electron chi connectivity index (χ0n) is 16.5. The van der Waals surface area contributed by atoms with E-state index in [1.807, 2.05) is 0 Å². The van der Waals surface area contributed by atoms with Crippen LogP contribution in [0.4, 0.5) is 14.9 Å². The van der Waals surface area contributed by atoms with Crippen molar-refractivity contribution in [3.8, 4) is 5.88 Å². The summed E-state index contributed by atoms with van der Waals surface area (Å²) in [5, 5.41) is 9.55. The molecule has 0 atom stereocenters. The minimum absolute atomic E-state index is 0.0913.